The van der Waals surface area contributed by atoms with Crippen LogP contribution < -0.4 is 5.32 Å². The molecule has 0 atom stereocenters. The maximum atomic E-state index is 12.9. The van der Waals surface area contributed by atoms with E-state index >= 15 is 0 Å². The molecule has 1 heterocycles. The molecule has 1 aromatic heterocycles. The number of nitrogens with zero attached hydrogens (tertiary/aromatic N) is 2. The van der Waals surface area contributed by atoms with E-state index in [4.69, 9.17) is 34.8 Å². The number of Topliss-reactive ketones (excluding diaryl/α,β-unsaturated/α-hetero) is 1. The van der Waals surface area contributed by atoms with Gasteiger partial charge in [0.05, 0.1) is 16.4 Å². The number of halogens is 3. The number of amides is 1. The highest BCUT2D eigenvalue weighted by atomic mass is 35.5. The van der Waals surface area contributed by atoms with Gasteiger partial charge in [-0.2, -0.15) is 5.10 Å². The van der Waals surface area contributed by atoms with Gasteiger partial charge >= 0.3 is 0 Å². The third kappa shape index (κ3) is 4.69. The van der Waals surface area contributed by atoms with Crippen LogP contribution in [0.3, 0.4) is 0 Å². The lowest BCUT2D eigenvalue weighted by Gasteiger charge is -2.19. The van der Waals surface area contributed by atoms with Crippen LogP contribution in [0.15, 0.2) is 42.5 Å². The van der Waals surface area contributed by atoms with Crippen molar-refractivity contribution in [1.29, 1.82) is 0 Å². The first-order valence-electron chi connectivity index (χ1n) is 9.16. The molecule has 1 amide bonds. The Hall–Kier alpha value is -2.34. The monoisotopic (exact) mass is 463 g/mol. The van der Waals surface area contributed by atoms with Gasteiger partial charge in [-0.15, -0.1) is 0 Å². The third-order valence-electron chi connectivity index (χ3n) is 4.29. The molecular formula is C22H20Cl3N3O2. The predicted molar refractivity (Wildman–Crippen MR) is 121 cm³/mol. The van der Waals surface area contributed by atoms with Gasteiger partial charge in [0.15, 0.2) is 0 Å². The molecule has 0 radical (unpaired) electrons. The zero-order valence-electron chi connectivity index (χ0n) is 16.9. The lowest BCUT2D eigenvalue weighted by molar-refractivity contribution is -0.118. The van der Waals surface area contributed by atoms with Crippen LogP contribution in [-0.4, -0.2) is 27.0 Å². The van der Waals surface area contributed by atoms with Crippen molar-refractivity contribution in [3.63, 3.8) is 0 Å². The second kappa shape index (κ2) is 8.42. The smallest absolute Gasteiger partial charge is 0.294 e. The zero-order valence-corrected chi connectivity index (χ0v) is 19.2. The van der Waals surface area contributed by atoms with Crippen molar-refractivity contribution < 1.29 is 9.59 Å². The number of rotatable bonds is 4. The van der Waals surface area contributed by atoms with Crippen LogP contribution in [0.5, 0.6) is 0 Å². The summed E-state index contributed by atoms with van der Waals surface area (Å²) in [5.41, 5.74) is 1.98. The molecule has 8 heteroatoms. The van der Waals surface area contributed by atoms with Crippen LogP contribution in [0.1, 0.15) is 36.8 Å². The SMILES string of the molecule is Cc1c(C(=O)C(=O)NC(C)(C)C)nn(-c2ccc(Cl)cc2Cl)c1-c1ccc(Cl)cc1. The number of ketones is 1. The summed E-state index contributed by atoms with van der Waals surface area (Å²) < 4.78 is 1.55. The van der Waals surface area contributed by atoms with Gasteiger partial charge in [0, 0.05) is 26.7 Å². The predicted octanol–water partition coefficient (Wildman–Crippen LogP) is 5.91. The van der Waals surface area contributed by atoms with E-state index in [1.165, 1.54) is 0 Å². The summed E-state index contributed by atoms with van der Waals surface area (Å²) in [6.45, 7) is 7.15. The highest BCUT2D eigenvalue weighted by Crippen LogP contribution is 2.33. The van der Waals surface area contributed by atoms with Gasteiger partial charge in [0.2, 0.25) is 0 Å². The third-order valence-corrected chi connectivity index (χ3v) is 5.08. The van der Waals surface area contributed by atoms with E-state index in [-0.39, 0.29) is 5.69 Å². The highest BCUT2D eigenvalue weighted by Gasteiger charge is 2.29. The summed E-state index contributed by atoms with van der Waals surface area (Å²) in [5, 5.41) is 8.56. The van der Waals surface area contributed by atoms with Gasteiger partial charge in [0.1, 0.15) is 5.69 Å². The van der Waals surface area contributed by atoms with Crippen molar-refractivity contribution >= 4 is 46.5 Å². The fraction of sp³-hybridized carbons (Fsp3) is 0.227. The molecule has 0 spiro atoms. The largest absolute Gasteiger partial charge is 0.345 e. The Labute approximate surface area is 189 Å². The minimum absolute atomic E-state index is 0.0488. The lowest BCUT2D eigenvalue weighted by Crippen LogP contribution is -2.44. The standard InChI is InChI=1S/C22H20Cl3N3O2/c1-12-18(20(29)21(30)26-22(2,3)4)27-28(17-10-9-15(24)11-16(17)25)19(12)13-5-7-14(23)8-6-13/h5-11H,1-4H3,(H,26,30). The van der Waals surface area contributed by atoms with Crippen molar-refractivity contribution in [2.24, 2.45) is 0 Å². The van der Waals surface area contributed by atoms with Crippen molar-refractivity contribution in [3.8, 4) is 16.9 Å². The maximum Gasteiger partial charge on any atom is 0.294 e. The molecule has 0 unspecified atom stereocenters. The molecule has 0 aliphatic carbocycles. The van der Waals surface area contributed by atoms with Gasteiger partial charge in [-0.05, 0) is 58.0 Å². The number of hydrogen-bond donors (Lipinski definition) is 1. The molecule has 0 saturated heterocycles. The summed E-state index contributed by atoms with van der Waals surface area (Å²) in [6, 6.07) is 12.1. The van der Waals surface area contributed by atoms with Gasteiger partial charge < -0.3 is 5.32 Å². The molecule has 2 aromatic carbocycles. The van der Waals surface area contributed by atoms with E-state index in [0.29, 0.717) is 32.0 Å². The maximum absolute atomic E-state index is 12.9. The summed E-state index contributed by atoms with van der Waals surface area (Å²) in [7, 11) is 0. The first kappa shape index (κ1) is 22.3. The van der Waals surface area contributed by atoms with Crippen molar-refractivity contribution in [2.45, 2.75) is 33.2 Å². The van der Waals surface area contributed by atoms with Gasteiger partial charge in [0.25, 0.3) is 11.7 Å². The average Bonchev–Trinajstić information content (AvgIpc) is 2.97. The molecule has 3 aromatic rings. The molecule has 0 aliphatic rings. The van der Waals surface area contributed by atoms with E-state index in [0.717, 1.165) is 5.56 Å². The van der Waals surface area contributed by atoms with E-state index < -0.39 is 17.2 Å². The van der Waals surface area contributed by atoms with Crippen LogP contribution in [-0.2, 0) is 4.79 Å². The Morgan fingerprint density at radius 3 is 2.13 bits per heavy atom. The summed E-state index contributed by atoms with van der Waals surface area (Å²) >= 11 is 18.5. The number of nitrogens with one attached hydrogen (secondary N) is 1. The fourth-order valence-electron chi connectivity index (χ4n) is 2.99. The highest BCUT2D eigenvalue weighted by molar-refractivity contribution is 6.43. The van der Waals surface area contributed by atoms with Crippen LogP contribution in [0.25, 0.3) is 16.9 Å². The minimum Gasteiger partial charge on any atom is -0.345 e. The molecule has 5 nitrogen and oxygen atoms in total. The van der Waals surface area contributed by atoms with Gasteiger partial charge in [-0.3, -0.25) is 9.59 Å². The topological polar surface area (TPSA) is 64.0 Å². The number of hydrogen-bond acceptors (Lipinski definition) is 3. The van der Waals surface area contributed by atoms with E-state index in [2.05, 4.69) is 10.4 Å². The van der Waals surface area contributed by atoms with Crippen LogP contribution in [0, 0.1) is 6.92 Å². The van der Waals surface area contributed by atoms with Crippen molar-refractivity contribution in [2.75, 3.05) is 0 Å². The quantitative estimate of drug-likeness (QED) is 0.386. The fourth-order valence-corrected chi connectivity index (χ4v) is 3.61. The molecule has 1 N–H and O–H groups in total. The Morgan fingerprint density at radius 2 is 1.57 bits per heavy atom. The molecule has 0 saturated carbocycles. The van der Waals surface area contributed by atoms with Gasteiger partial charge in [-0.1, -0.05) is 46.9 Å². The summed E-state index contributed by atoms with van der Waals surface area (Å²) in [4.78, 5) is 25.4. The molecule has 0 bridgehead atoms. The van der Waals surface area contributed by atoms with Gasteiger partial charge in [-0.25, -0.2) is 4.68 Å². The van der Waals surface area contributed by atoms with Crippen molar-refractivity contribution in [1.82, 2.24) is 15.1 Å². The van der Waals surface area contributed by atoms with Crippen LogP contribution >= 0.6 is 34.8 Å². The number of carbonyl (C=O) groups is 2. The molecule has 3 rings (SSSR count). The summed E-state index contributed by atoms with van der Waals surface area (Å²) in [5.74, 6) is -1.44. The lowest BCUT2D eigenvalue weighted by atomic mass is 10.0. The molecule has 156 valence electrons. The van der Waals surface area contributed by atoms with E-state index in [1.54, 1.807) is 62.7 Å². The Balaban J connectivity index is 2.20. The second-order valence-electron chi connectivity index (χ2n) is 7.87. The number of aromatic nitrogens is 2. The molecular weight excluding hydrogens is 445 g/mol. The molecule has 0 fully saturated rings. The number of carbonyl (C=O) groups excluding carboxylic acids is 2. The molecule has 0 aliphatic heterocycles. The Bertz CT molecular complexity index is 1130. The normalized spacial score (nSPS) is 11.4. The second-order valence-corrected chi connectivity index (χ2v) is 9.15. The summed E-state index contributed by atoms with van der Waals surface area (Å²) in [6.07, 6.45) is 0. The first-order valence-corrected chi connectivity index (χ1v) is 10.3. The zero-order chi connectivity index (χ0) is 22.2. The Kier molecular flexibility index (Phi) is 6.27. The van der Waals surface area contributed by atoms with Crippen molar-refractivity contribution in [3.05, 3.63) is 68.8 Å². The molecule has 30 heavy (non-hydrogen) atoms. The van der Waals surface area contributed by atoms with E-state index in [1.807, 2.05) is 12.1 Å². The average molecular weight is 465 g/mol. The van der Waals surface area contributed by atoms with Crippen LogP contribution in [0.4, 0.5) is 0 Å². The minimum atomic E-state index is -0.722. The van der Waals surface area contributed by atoms with Crippen LogP contribution in [0.2, 0.25) is 15.1 Å². The van der Waals surface area contributed by atoms with E-state index in [9.17, 15) is 9.59 Å². The first-order chi connectivity index (χ1) is 14.0. The Morgan fingerprint density at radius 1 is 0.967 bits per heavy atom. The number of benzene rings is 2.